The molecular weight excluding hydrogens is 242 g/mol. The number of rotatable bonds is 4. The molecule has 6 nitrogen and oxygen atoms in total. The average Bonchev–Trinajstić information content (AvgIpc) is 2.77. The van der Waals surface area contributed by atoms with Gasteiger partial charge in [0.25, 0.3) is 5.56 Å². The highest BCUT2D eigenvalue weighted by Gasteiger charge is 2.05. The fourth-order valence-electron chi connectivity index (χ4n) is 1.36. The Bertz CT molecular complexity index is 590. The number of carbonyl (C=O) groups excluding carboxylic acids is 1. The number of nitrogens with one attached hydrogen (secondary N) is 2. The van der Waals surface area contributed by atoms with Crippen molar-refractivity contribution >= 4 is 27.5 Å². The number of H-pyrrole nitrogens is 1. The molecule has 0 bridgehead atoms. The fraction of sp³-hybridized carbons (Fsp3) is 0.300. The van der Waals surface area contributed by atoms with Crippen molar-refractivity contribution < 1.29 is 9.53 Å². The van der Waals surface area contributed by atoms with Crippen LogP contribution in [0.25, 0.3) is 10.2 Å². The van der Waals surface area contributed by atoms with Gasteiger partial charge in [0.15, 0.2) is 0 Å². The van der Waals surface area contributed by atoms with Crippen LogP contribution in [0.3, 0.4) is 0 Å². The third kappa shape index (κ3) is 2.69. The minimum atomic E-state index is -0.357. The second-order valence-electron chi connectivity index (χ2n) is 3.33. The molecule has 0 aliphatic rings. The van der Waals surface area contributed by atoms with Crippen molar-refractivity contribution in [2.75, 3.05) is 13.7 Å². The SMILES string of the molecule is COC(=O)CNCc1nc2ccsc2c(=O)[nH]1. The molecule has 0 unspecified atom stereocenters. The number of ether oxygens (including phenoxy) is 1. The number of thiophene rings is 1. The molecule has 7 heteroatoms. The maximum atomic E-state index is 11.6. The summed E-state index contributed by atoms with van der Waals surface area (Å²) in [6.07, 6.45) is 0. The normalized spacial score (nSPS) is 10.6. The van der Waals surface area contributed by atoms with Crippen molar-refractivity contribution in [2.24, 2.45) is 0 Å². The molecule has 0 aromatic carbocycles. The summed E-state index contributed by atoms with van der Waals surface area (Å²) in [7, 11) is 1.32. The molecule has 0 aliphatic carbocycles. The summed E-state index contributed by atoms with van der Waals surface area (Å²) in [5.74, 6) is 0.147. The summed E-state index contributed by atoms with van der Waals surface area (Å²) < 4.78 is 5.09. The molecule has 0 saturated heterocycles. The van der Waals surface area contributed by atoms with Crippen LogP contribution in [0, 0.1) is 0 Å². The van der Waals surface area contributed by atoms with E-state index in [2.05, 4.69) is 20.0 Å². The smallest absolute Gasteiger partial charge is 0.319 e. The standard InChI is InChI=1S/C10H11N3O3S/c1-16-8(14)5-11-4-7-12-6-2-3-17-9(6)10(15)13-7/h2-3,11H,4-5H2,1H3,(H,12,13,15). The summed E-state index contributed by atoms with van der Waals surface area (Å²) in [5, 5.41) is 4.65. The minimum Gasteiger partial charge on any atom is -0.468 e. The first kappa shape index (κ1) is 11.7. The van der Waals surface area contributed by atoms with Crippen LogP contribution in [0.1, 0.15) is 5.82 Å². The second-order valence-corrected chi connectivity index (χ2v) is 4.24. The first-order valence-electron chi connectivity index (χ1n) is 4.94. The second kappa shape index (κ2) is 5.07. The van der Waals surface area contributed by atoms with Crippen LogP contribution in [0.4, 0.5) is 0 Å². The Morgan fingerprint density at radius 2 is 2.47 bits per heavy atom. The summed E-state index contributed by atoms with van der Waals surface area (Å²) in [5.41, 5.74) is 0.522. The number of aromatic amines is 1. The molecule has 0 spiro atoms. The summed E-state index contributed by atoms with van der Waals surface area (Å²) >= 11 is 1.35. The third-order valence-corrected chi connectivity index (χ3v) is 3.06. The van der Waals surface area contributed by atoms with Gasteiger partial charge in [-0.1, -0.05) is 0 Å². The molecule has 0 amide bonds. The topological polar surface area (TPSA) is 84.1 Å². The zero-order valence-corrected chi connectivity index (χ0v) is 9.97. The van der Waals surface area contributed by atoms with Gasteiger partial charge in [-0.15, -0.1) is 11.3 Å². The van der Waals surface area contributed by atoms with Gasteiger partial charge in [0, 0.05) is 0 Å². The van der Waals surface area contributed by atoms with E-state index in [1.54, 1.807) is 6.07 Å². The zero-order chi connectivity index (χ0) is 12.3. The minimum absolute atomic E-state index is 0.0852. The van der Waals surface area contributed by atoms with Crippen molar-refractivity contribution in [2.45, 2.75) is 6.54 Å². The Labute approximate surface area is 101 Å². The number of carbonyl (C=O) groups is 1. The first-order valence-corrected chi connectivity index (χ1v) is 5.82. The van der Waals surface area contributed by atoms with Crippen molar-refractivity contribution in [3.05, 3.63) is 27.6 Å². The van der Waals surface area contributed by atoms with Crippen LogP contribution in [0.2, 0.25) is 0 Å². The molecule has 0 fully saturated rings. The van der Waals surface area contributed by atoms with E-state index in [0.29, 0.717) is 22.6 Å². The summed E-state index contributed by atoms with van der Waals surface area (Å²) in [4.78, 5) is 29.4. The third-order valence-electron chi connectivity index (χ3n) is 2.15. The van der Waals surface area contributed by atoms with Crippen LogP contribution in [0.15, 0.2) is 16.2 Å². The van der Waals surface area contributed by atoms with Crippen molar-refractivity contribution in [1.29, 1.82) is 0 Å². The largest absolute Gasteiger partial charge is 0.468 e. The predicted molar refractivity (Wildman–Crippen MR) is 64.0 cm³/mol. The van der Waals surface area contributed by atoms with Gasteiger partial charge in [-0.3, -0.25) is 14.9 Å². The molecule has 90 valence electrons. The maximum absolute atomic E-state index is 11.6. The van der Waals surface area contributed by atoms with Crippen LogP contribution in [0.5, 0.6) is 0 Å². The lowest BCUT2D eigenvalue weighted by Gasteiger charge is -2.02. The lowest BCUT2D eigenvalue weighted by atomic mass is 10.4. The summed E-state index contributed by atoms with van der Waals surface area (Å²) in [6, 6.07) is 1.79. The van der Waals surface area contributed by atoms with Crippen LogP contribution < -0.4 is 10.9 Å². The molecule has 17 heavy (non-hydrogen) atoms. The van der Waals surface area contributed by atoms with E-state index in [1.165, 1.54) is 18.4 Å². The quantitative estimate of drug-likeness (QED) is 0.763. The Hall–Kier alpha value is -1.73. The number of methoxy groups -OCH3 is 1. The Balaban J connectivity index is 2.09. The molecule has 2 heterocycles. The number of esters is 1. The Morgan fingerprint density at radius 3 is 3.24 bits per heavy atom. The van der Waals surface area contributed by atoms with Gasteiger partial charge < -0.3 is 9.72 Å². The van der Waals surface area contributed by atoms with Gasteiger partial charge >= 0.3 is 5.97 Å². The van der Waals surface area contributed by atoms with E-state index in [-0.39, 0.29) is 18.1 Å². The van der Waals surface area contributed by atoms with Gasteiger partial charge in [-0.2, -0.15) is 0 Å². The Morgan fingerprint density at radius 1 is 1.65 bits per heavy atom. The predicted octanol–water partition coefficient (Wildman–Crippen LogP) is 0.247. The van der Waals surface area contributed by atoms with Crippen molar-refractivity contribution in [1.82, 2.24) is 15.3 Å². The Kier molecular flexibility index (Phi) is 3.50. The number of nitrogens with zero attached hydrogens (tertiary/aromatic N) is 1. The van der Waals surface area contributed by atoms with Gasteiger partial charge in [0.2, 0.25) is 0 Å². The number of fused-ring (bicyclic) bond motifs is 1. The van der Waals surface area contributed by atoms with Gasteiger partial charge in [-0.05, 0) is 11.4 Å². The van der Waals surface area contributed by atoms with Crippen molar-refractivity contribution in [3.63, 3.8) is 0 Å². The van der Waals surface area contributed by atoms with Crippen LogP contribution in [-0.2, 0) is 16.1 Å². The average molecular weight is 253 g/mol. The molecule has 0 aliphatic heterocycles. The van der Waals surface area contributed by atoms with Crippen molar-refractivity contribution in [3.8, 4) is 0 Å². The number of aromatic nitrogens is 2. The van der Waals surface area contributed by atoms with E-state index >= 15 is 0 Å². The van der Waals surface area contributed by atoms with E-state index < -0.39 is 0 Å². The molecular formula is C10H11N3O3S. The lowest BCUT2D eigenvalue weighted by molar-refractivity contribution is -0.139. The van der Waals surface area contributed by atoms with Gasteiger partial charge in [-0.25, -0.2) is 4.98 Å². The zero-order valence-electron chi connectivity index (χ0n) is 9.15. The monoisotopic (exact) mass is 253 g/mol. The molecule has 2 aromatic heterocycles. The molecule has 2 rings (SSSR count). The highest BCUT2D eigenvalue weighted by Crippen LogP contribution is 2.13. The van der Waals surface area contributed by atoms with E-state index in [9.17, 15) is 9.59 Å². The van der Waals surface area contributed by atoms with E-state index in [4.69, 9.17) is 0 Å². The molecule has 2 N–H and O–H groups in total. The molecule has 0 radical (unpaired) electrons. The highest BCUT2D eigenvalue weighted by atomic mass is 32.1. The first-order chi connectivity index (χ1) is 8.20. The van der Waals surface area contributed by atoms with Gasteiger partial charge in [0.05, 0.1) is 25.7 Å². The molecule has 2 aromatic rings. The lowest BCUT2D eigenvalue weighted by Crippen LogP contribution is -2.25. The van der Waals surface area contributed by atoms with Crippen LogP contribution >= 0.6 is 11.3 Å². The number of hydrogen-bond donors (Lipinski definition) is 2. The van der Waals surface area contributed by atoms with E-state index in [1.807, 2.05) is 5.38 Å². The van der Waals surface area contributed by atoms with Gasteiger partial charge in [0.1, 0.15) is 10.5 Å². The molecule has 0 saturated carbocycles. The maximum Gasteiger partial charge on any atom is 0.319 e. The molecule has 0 atom stereocenters. The fourth-order valence-corrected chi connectivity index (χ4v) is 2.09. The summed E-state index contributed by atoms with van der Waals surface area (Å²) in [6.45, 7) is 0.401. The number of hydrogen-bond acceptors (Lipinski definition) is 6. The van der Waals surface area contributed by atoms with Crippen LogP contribution in [-0.4, -0.2) is 29.6 Å². The highest BCUT2D eigenvalue weighted by molar-refractivity contribution is 7.17. The van der Waals surface area contributed by atoms with E-state index in [0.717, 1.165) is 0 Å².